The number of hydrogen-bond donors (Lipinski definition) is 1. The number of ether oxygens (including phenoxy) is 2. The van der Waals surface area contributed by atoms with Gasteiger partial charge in [0.25, 0.3) is 0 Å². The van der Waals surface area contributed by atoms with E-state index in [4.69, 9.17) is 9.47 Å². The van der Waals surface area contributed by atoms with E-state index in [9.17, 15) is 0 Å². The number of nitrogens with one attached hydrogen (secondary N) is 1. The molecule has 0 saturated carbocycles. The van der Waals surface area contributed by atoms with Crippen molar-refractivity contribution in [3.05, 3.63) is 43.2 Å². The van der Waals surface area contributed by atoms with Crippen molar-refractivity contribution in [1.29, 1.82) is 0 Å². The van der Waals surface area contributed by atoms with Gasteiger partial charge in [-0.05, 0) is 12.1 Å². The number of H-pyrrole nitrogens is 1. The van der Waals surface area contributed by atoms with E-state index in [1.807, 2.05) is 18.2 Å². The van der Waals surface area contributed by atoms with Crippen LogP contribution in [0.5, 0.6) is 11.5 Å². The number of aromatic amines is 1. The van der Waals surface area contributed by atoms with E-state index in [1.54, 1.807) is 25.6 Å². The first-order valence-corrected chi connectivity index (χ1v) is 6.40. The van der Waals surface area contributed by atoms with E-state index in [2.05, 4.69) is 26.5 Å². The Bertz CT molecular complexity index is 749. The molecular weight excluding hydrogens is 268 g/mol. The Morgan fingerprint density at radius 1 is 1.29 bits per heavy atom. The fraction of sp³-hybridized carbons (Fsp3) is 0.133. The third-order valence-electron chi connectivity index (χ3n) is 2.93. The number of nitrogens with zero attached hydrogens (tertiary/aromatic N) is 3. The van der Waals surface area contributed by atoms with Gasteiger partial charge >= 0.3 is 0 Å². The monoisotopic (exact) mass is 282 g/mol. The molecule has 6 nitrogen and oxygen atoms in total. The van der Waals surface area contributed by atoms with Crippen molar-refractivity contribution in [1.82, 2.24) is 19.9 Å². The number of aromatic nitrogens is 4. The fourth-order valence-corrected chi connectivity index (χ4v) is 1.99. The third-order valence-corrected chi connectivity index (χ3v) is 2.93. The van der Waals surface area contributed by atoms with Crippen molar-refractivity contribution in [2.75, 3.05) is 13.7 Å². The number of hydrogen-bond acceptors (Lipinski definition) is 5. The lowest BCUT2D eigenvalue weighted by Crippen LogP contribution is -1.95. The van der Waals surface area contributed by atoms with Crippen LogP contribution in [0.4, 0.5) is 0 Å². The Labute approximate surface area is 121 Å². The van der Waals surface area contributed by atoms with Crippen LogP contribution in [0, 0.1) is 0 Å². The van der Waals surface area contributed by atoms with Gasteiger partial charge in [0.1, 0.15) is 23.9 Å². The minimum Gasteiger partial charge on any atom is -0.496 e. The predicted molar refractivity (Wildman–Crippen MR) is 79.4 cm³/mol. The second-order valence-corrected chi connectivity index (χ2v) is 4.28. The highest BCUT2D eigenvalue weighted by molar-refractivity contribution is 5.75. The molecule has 0 atom stereocenters. The molecule has 0 amide bonds. The molecule has 0 radical (unpaired) electrons. The van der Waals surface area contributed by atoms with Gasteiger partial charge in [-0.2, -0.15) is 0 Å². The smallest absolute Gasteiger partial charge is 0.197 e. The number of imidazole rings is 1. The van der Waals surface area contributed by atoms with Gasteiger partial charge in [0, 0.05) is 18.5 Å². The van der Waals surface area contributed by atoms with Gasteiger partial charge in [0.2, 0.25) is 0 Å². The van der Waals surface area contributed by atoms with E-state index in [1.165, 1.54) is 0 Å². The molecule has 0 aliphatic rings. The van der Waals surface area contributed by atoms with Crippen LogP contribution in [0.15, 0.2) is 43.2 Å². The maximum Gasteiger partial charge on any atom is 0.197 e. The molecule has 21 heavy (non-hydrogen) atoms. The summed E-state index contributed by atoms with van der Waals surface area (Å²) in [6.45, 7) is 4.07. The Morgan fingerprint density at radius 3 is 2.90 bits per heavy atom. The maximum absolute atomic E-state index is 5.49. The first-order chi connectivity index (χ1) is 10.3. The molecule has 2 aromatic heterocycles. The van der Waals surface area contributed by atoms with E-state index >= 15 is 0 Å². The Kier molecular flexibility index (Phi) is 3.51. The zero-order valence-electron chi connectivity index (χ0n) is 11.5. The molecule has 6 heteroatoms. The van der Waals surface area contributed by atoms with Crippen LogP contribution >= 0.6 is 0 Å². The molecule has 0 bridgehead atoms. The average Bonchev–Trinajstić information content (AvgIpc) is 2.96. The highest BCUT2D eigenvalue weighted by Gasteiger charge is 2.12. The minimum atomic E-state index is 0.445. The topological polar surface area (TPSA) is 72.9 Å². The summed E-state index contributed by atoms with van der Waals surface area (Å²) in [7, 11) is 1.61. The molecule has 2 heterocycles. The van der Waals surface area contributed by atoms with Gasteiger partial charge in [0.15, 0.2) is 11.3 Å². The van der Waals surface area contributed by atoms with Crippen LogP contribution in [0.3, 0.4) is 0 Å². The van der Waals surface area contributed by atoms with Crippen molar-refractivity contribution in [3.63, 3.8) is 0 Å². The molecule has 0 fully saturated rings. The maximum atomic E-state index is 5.49. The summed E-state index contributed by atoms with van der Waals surface area (Å²) in [5.74, 6) is 2.03. The quantitative estimate of drug-likeness (QED) is 0.728. The van der Waals surface area contributed by atoms with Crippen molar-refractivity contribution in [3.8, 4) is 22.9 Å². The van der Waals surface area contributed by atoms with Gasteiger partial charge in [-0.3, -0.25) is 0 Å². The van der Waals surface area contributed by atoms with Gasteiger partial charge in [-0.15, -0.1) is 0 Å². The zero-order valence-corrected chi connectivity index (χ0v) is 11.5. The molecule has 0 aliphatic carbocycles. The Morgan fingerprint density at radius 2 is 2.14 bits per heavy atom. The van der Waals surface area contributed by atoms with Crippen LogP contribution < -0.4 is 9.47 Å². The number of fused-ring (bicyclic) bond motifs is 1. The zero-order chi connectivity index (χ0) is 14.7. The molecule has 0 unspecified atom stereocenters. The summed E-state index contributed by atoms with van der Waals surface area (Å²) in [6, 6.07) is 5.55. The Hall–Kier alpha value is -2.89. The summed E-state index contributed by atoms with van der Waals surface area (Å²) in [5, 5.41) is 0. The summed E-state index contributed by atoms with van der Waals surface area (Å²) < 4.78 is 10.9. The lowest BCUT2D eigenvalue weighted by Gasteiger charge is -2.09. The van der Waals surface area contributed by atoms with Crippen molar-refractivity contribution >= 4 is 11.3 Å². The molecule has 0 spiro atoms. The summed E-state index contributed by atoms with van der Waals surface area (Å²) >= 11 is 0. The van der Waals surface area contributed by atoms with Crippen molar-refractivity contribution in [2.45, 2.75) is 0 Å². The number of rotatable bonds is 5. The van der Waals surface area contributed by atoms with E-state index in [-0.39, 0.29) is 0 Å². The molecule has 0 aliphatic heterocycles. The summed E-state index contributed by atoms with van der Waals surface area (Å²) in [4.78, 5) is 15.9. The number of benzene rings is 1. The second kappa shape index (κ2) is 5.62. The van der Waals surface area contributed by atoms with Gasteiger partial charge < -0.3 is 14.5 Å². The van der Waals surface area contributed by atoms with E-state index in [0.717, 1.165) is 5.56 Å². The van der Waals surface area contributed by atoms with Crippen LogP contribution in [0.2, 0.25) is 0 Å². The van der Waals surface area contributed by atoms with Crippen molar-refractivity contribution < 1.29 is 9.47 Å². The highest BCUT2D eigenvalue weighted by atomic mass is 16.5. The normalized spacial score (nSPS) is 10.5. The average molecular weight is 282 g/mol. The fourth-order valence-electron chi connectivity index (χ4n) is 1.99. The second-order valence-electron chi connectivity index (χ2n) is 4.28. The van der Waals surface area contributed by atoms with Gasteiger partial charge in [-0.1, -0.05) is 12.7 Å². The van der Waals surface area contributed by atoms with Crippen molar-refractivity contribution in [2.24, 2.45) is 0 Å². The molecule has 0 saturated heterocycles. The molecule has 3 rings (SSSR count). The molecule has 1 N–H and O–H groups in total. The lowest BCUT2D eigenvalue weighted by molar-refractivity contribution is 0.357. The third kappa shape index (κ3) is 2.55. The highest BCUT2D eigenvalue weighted by Crippen LogP contribution is 2.32. The molecular formula is C15H14N4O2. The predicted octanol–water partition coefficient (Wildman–Crippen LogP) is 2.59. The molecule has 1 aromatic carbocycles. The lowest BCUT2D eigenvalue weighted by atomic mass is 10.2. The summed E-state index contributed by atoms with van der Waals surface area (Å²) in [6.07, 6.45) is 4.92. The minimum absolute atomic E-state index is 0.445. The first kappa shape index (κ1) is 13.1. The largest absolute Gasteiger partial charge is 0.496 e. The van der Waals surface area contributed by atoms with E-state index < -0.39 is 0 Å². The first-order valence-electron chi connectivity index (χ1n) is 6.40. The SMILES string of the molecule is C=CCOc1ccc(-c2nc3nccnc3[nH]2)c(OC)c1. The summed E-state index contributed by atoms with van der Waals surface area (Å²) in [5.41, 5.74) is 2.03. The standard InChI is InChI=1S/C15H14N4O2/c1-3-8-21-10-4-5-11(12(9-10)20-2)13-18-14-15(19-13)17-7-6-16-14/h3-7,9H,1,8H2,2H3,(H,16,17,18,19). The Balaban J connectivity index is 2.02. The van der Waals surface area contributed by atoms with Crippen LogP contribution in [0.1, 0.15) is 0 Å². The van der Waals surface area contributed by atoms with Gasteiger partial charge in [-0.25, -0.2) is 15.0 Å². The van der Waals surface area contributed by atoms with Gasteiger partial charge in [0.05, 0.1) is 12.7 Å². The van der Waals surface area contributed by atoms with E-state index in [0.29, 0.717) is 35.2 Å². The molecule has 106 valence electrons. The molecule has 3 aromatic rings. The van der Waals surface area contributed by atoms with Crippen LogP contribution in [-0.2, 0) is 0 Å². The van der Waals surface area contributed by atoms with Crippen LogP contribution in [-0.4, -0.2) is 33.7 Å². The van der Waals surface area contributed by atoms with Crippen LogP contribution in [0.25, 0.3) is 22.7 Å². The number of methoxy groups -OCH3 is 1.